The monoisotopic (exact) mass is 293 g/mol. The molecule has 1 saturated heterocycles. The van der Waals surface area contributed by atoms with E-state index in [0.29, 0.717) is 5.41 Å². The van der Waals surface area contributed by atoms with Crippen LogP contribution in [0.15, 0.2) is 0 Å². The first-order chi connectivity index (χ1) is 9.61. The normalized spacial score (nSPS) is 23.8. The number of thiazole rings is 1. The number of hydrogen-bond donors (Lipinski definition) is 2. The predicted molar refractivity (Wildman–Crippen MR) is 80.9 cm³/mol. The summed E-state index contributed by atoms with van der Waals surface area (Å²) in [5.41, 5.74) is 1.45. The summed E-state index contributed by atoms with van der Waals surface area (Å²) in [6.07, 6.45) is 4.33. The highest BCUT2D eigenvalue weighted by atomic mass is 32.1. The Morgan fingerprint density at radius 1 is 1.45 bits per heavy atom. The standard InChI is InChI=1S/C15H23N3OS/c1-10-13(20-11(2)18-10)3-6-17-14(19)12-9-15(12)4-7-16-8-5-15/h12,16H,3-9H2,1-2H3,(H,17,19). The van der Waals surface area contributed by atoms with E-state index < -0.39 is 0 Å². The quantitative estimate of drug-likeness (QED) is 0.890. The summed E-state index contributed by atoms with van der Waals surface area (Å²) in [6.45, 7) is 6.97. The van der Waals surface area contributed by atoms with Gasteiger partial charge < -0.3 is 10.6 Å². The molecule has 1 unspecified atom stereocenters. The first kappa shape index (κ1) is 14.0. The van der Waals surface area contributed by atoms with Gasteiger partial charge >= 0.3 is 0 Å². The van der Waals surface area contributed by atoms with Crippen molar-refractivity contribution in [2.24, 2.45) is 11.3 Å². The molecule has 110 valence electrons. The van der Waals surface area contributed by atoms with Gasteiger partial charge in [-0.25, -0.2) is 4.98 Å². The Labute approximate surface area is 124 Å². The van der Waals surface area contributed by atoms with Gasteiger partial charge in [0.25, 0.3) is 0 Å². The minimum Gasteiger partial charge on any atom is -0.355 e. The Morgan fingerprint density at radius 3 is 2.85 bits per heavy atom. The number of carbonyl (C=O) groups is 1. The molecular weight excluding hydrogens is 270 g/mol. The second-order valence-corrected chi connectivity index (χ2v) is 7.44. The zero-order chi connectivity index (χ0) is 14.2. The molecule has 0 bridgehead atoms. The van der Waals surface area contributed by atoms with Crippen LogP contribution in [-0.2, 0) is 11.2 Å². The van der Waals surface area contributed by atoms with E-state index in [2.05, 4.69) is 15.6 Å². The minimum atomic E-state index is 0.269. The number of nitrogens with one attached hydrogen (secondary N) is 2. The number of nitrogens with zero attached hydrogens (tertiary/aromatic N) is 1. The van der Waals surface area contributed by atoms with Crippen LogP contribution in [0, 0.1) is 25.2 Å². The maximum Gasteiger partial charge on any atom is 0.223 e. The van der Waals surface area contributed by atoms with Crippen LogP contribution >= 0.6 is 11.3 Å². The Hall–Kier alpha value is -0.940. The smallest absolute Gasteiger partial charge is 0.223 e. The maximum atomic E-state index is 12.2. The van der Waals surface area contributed by atoms with Crippen molar-refractivity contribution in [3.63, 3.8) is 0 Å². The summed E-state index contributed by atoms with van der Waals surface area (Å²) in [6, 6.07) is 0. The summed E-state index contributed by atoms with van der Waals surface area (Å²) in [5.74, 6) is 0.541. The Morgan fingerprint density at radius 2 is 2.20 bits per heavy atom. The lowest BCUT2D eigenvalue weighted by molar-refractivity contribution is -0.123. The van der Waals surface area contributed by atoms with Crippen LogP contribution in [0.4, 0.5) is 0 Å². The van der Waals surface area contributed by atoms with Crippen molar-refractivity contribution in [2.45, 2.75) is 39.5 Å². The summed E-state index contributed by atoms with van der Waals surface area (Å²) < 4.78 is 0. The second-order valence-electron chi connectivity index (χ2n) is 6.15. The highest BCUT2D eigenvalue weighted by Crippen LogP contribution is 2.58. The lowest BCUT2D eigenvalue weighted by atomic mass is 9.92. The Kier molecular flexibility index (Phi) is 3.82. The Bertz CT molecular complexity index is 505. The van der Waals surface area contributed by atoms with E-state index in [9.17, 15) is 4.79 Å². The lowest BCUT2D eigenvalue weighted by Gasteiger charge is -2.23. The zero-order valence-electron chi connectivity index (χ0n) is 12.3. The van der Waals surface area contributed by atoms with Gasteiger partial charge in [-0.3, -0.25) is 4.79 Å². The molecule has 2 heterocycles. The van der Waals surface area contributed by atoms with Gasteiger partial charge in [0.2, 0.25) is 5.91 Å². The number of aryl methyl sites for hydroxylation is 2. The van der Waals surface area contributed by atoms with Crippen molar-refractivity contribution in [1.82, 2.24) is 15.6 Å². The molecule has 0 aromatic carbocycles. The summed E-state index contributed by atoms with van der Waals surface area (Å²) in [4.78, 5) is 17.9. The van der Waals surface area contributed by atoms with E-state index >= 15 is 0 Å². The minimum absolute atomic E-state index is 0.269. The first-order valence-corrected chi connectivity index (χ1v) is 8.34. The molecule has 2 aliphatic rings. The molecule has 2 fully saturated rings. The largest absolute Gasteiger partial charge is 0.355 e. The van der Waals surface area contributed by atoms with E-state index in [-0.39, 0.29) is 11.8 Å². The molecule has 1 atom stereocenters. The third kappa shape index (κ3) is 2.74. The fourth-order valence-corrected chi connectivity index (χ4v) is 4.36. The fourth-order valence-electron chi connectivity index (χ4n) is 3.42. The first-order valence-electron chi connectivity index (χ1n) is 7.52. The van der Waals surface area contributed by atoms with Crippen LogP contribution in [0.2, 0.25) is 0 Å². The van der Waals surface area contributed by atoms with Gasteiger partial charge in [-0.05, 0) is 51.6 Å². The maximum absolute atomic E-state index is 12.2. The molecule has 1 aliphatic heterocycles. The van der Waals surface area contributed by atoms with E-state index in [4.69, 9.17) is 0 Å². The number of amides is 1. The molecule has 1 saturated carbocycles. The number of hydrogen-bond acceptors (Lipinski definition) is 4. The predicted octanol–water partition coefficient (Wildman–Crippen LogP) is 1.81. The van der Waals surface area contributed by atoms with Gasteiger partial charge in [0.05, 0.1) is 10.7 Å². The molecular formula is C15H23N3OS. The van der Waals surface area contributed by atoms with Gasteiger partial charge in [-0.15, -0.1) is 11.3 Å². The number of rotatable bonds is 4. The molecule has 5 heteroatoms. The molecule has 4 nitrogen and oxygen atoms in total. The average molecular weight is 293 g/mol. The van der Waals surface area contributed by atoms with Crippen molar-refractivity contribution in [3.05, 3.63) is 15.6 Å². The fraction of sp³-hybridized carbons (Fsp3) is 0.733. The van der Waals surface area contributed by atoms with Crippen molar-refractivity contribution in [1.29, 1.82) is 0 Å². The molecule has 2 N–H and O–H groups in total. The Balaban J connectivity index is 1.45. The highest BCUT2D eigenvalue weighted by molar-refractivity contribution is 7.11. The second kappa shape index (κ2) is 5.45. The third-order valence-corrected chi connectivity index (χ3v) is 5.89. The average Bonchev–Trinajstić information content (AvgIpc) is 3.01. The van der Waals surface area contributed by atoms with Gasteiger partial charge in [0, 0.05) is 23.8 Å². The zero-order valence-corrected chi connectivity index (χ0v) is 13.1. The topological polar surface area (TPSA) is 54.0 Å². The summed E-state index contributed by atoms with van der Waals surface area (Å²) in [5, 5.41) is 7.61. The molecule has 1 aromatic heterocycles. The molecule has 0 radical (unpaired) electrons. The summed E-state index contributed by atoms with van der Waals surface area (Å²) >= 11 is 1.74. The van der Waals surface area contributed by atoms with E-state index in [0.717, 1.165) is 56.0 Å². The molecule has 3 rings (SSSR count). The van der Waals surface area contributed by atoms with Crippen LogP contribution in [-0.4, -0.2) is 30.5 Å². The summed E-state index contributed by atoms with van der Waals surface area (Å²) in [7, 11) is 0. The number of piperidine rings is 1. The molecule has 20 heavy (non-hydrogen) atoms. The van der Waals surface area contributed by atoms with Gasteiger partial charge in [0.15, 0.2) is 0 Å². The van der Waals surface area contributed by atoms with Crippen molar-refractivity contribution in [2.75, 3.05) is 19.6 Å². The molecule has 1 aliphatic carbocycles. The van der Waals surface area contributed by atoms with E-state index in [1.165, 1.54) is 4.88 Å². The molecule has 1 spiro atoms. The van der Waals surface area contributed by atoms with Gasteiger partial charge in [-0.1, -0.05) is 0 Å². The van der Waals surface area contributed by atoms with Crippen molar-refractivity contribution in [3.8, 4) is 0 Å². The number of carbonyl (C=O) groups excluding carboxylic acids is 1. The SMILES string of the molecule is Cc1nc(C)c(CCNC(=O)C2CC23CCNCC3)s1. The molecule has 1 amide bonds. The third-order valence-electron chi connectivity index (χ3n) is 4.76. The van der Waals surface area contributed by atoms with E-state index in [1.807, 2.05) is 13.8 Å². The van der Waals surface area contributed by atoms with Gasteiger partial charge in [-0.2, -0.15) is 0 Å². The van der Waals surface area contributed by atoms with Crippen LogP contribution in [0.1, 0.15) is 34.8 Å². The van der Waals surface area contributed by atoms with Crippen molar-refractivity contribution >= 4 is 17.2 Å². The van der Waals surface area contributed by atoms with Crippen LogP contribution in [0.25, 0.3) is 0 Å². The van der Waals surface area contributed by atoms with Crippen LogP contribution in [0.3, 0.4) is 0 Å². The lowest BCUT2D eigenvalue weighted by Crippen LogP contribution is -2.34. The van der Waals surface area contributed by atoms with Crippen LogP contribution < -0.4 is 10.6 Å². The number of aromatic nitrogens is 1. The van der Waals surface area contributed by atoms with Gasteiger partial charge in [0.1, 0.15) is 0 Å². The highest BCUT2D eigenvalue weighted by Gasteiger charge is 2.57. The van der Waals surface area contributed by atoms with E-state index in [1.54, 1.807) is 11.3 Å². The van der Waals surface area contributed by atoms with Crippen molar-refractivity contribution < 1.29 is 4.79 Å². The van der Waals surface area contributed by atoms with Crippen LogP contribution in [0.5, 0.6) is 0 Å². The molecule has 1 aromatic rings.